The predicted molar refractivity (Wildman–Crippen MR) is 64.5 cm³/mol. The maximum atomic E-state index is 11.6. The van der Waals surface area contributed by atoms with Crippen LogP contribution in [0.15, 0.2) is 0 Å². The van der Waals surface area contributed by atoms with E-state index in [1.165, 1.54) is 0 Å². The van der Waals surface area contributed by atoms with E-state index in [2.05, 4.69) is 0 Å². The van der Waals surface area contributed by atoms with E-state index >= 15 is 0 Å². The van der Waals surface area contributed by atoms with Gasteiger partial charge >= 0.3 is 11.9 Å². The van der Waals surface area contributed by atoms with E-state index < -0.39 is 23.5 Å². The molecule has 0 aromatic heterocycles. The van der Waals surface area contributed by atoms with Gasteiger partial charge in [-0.3, -0.25) is 9.59 Å². The Bertz CT molecular complexity index is 258. The first-order valence-corrected chi connectivity index (χ1v) is 5.93. The molecule has 17 heavy (non-hydrogen) atoms. The van der Waals surface area contributed by atoms with Crippen molar-refractivity contribution in [2.24, 2.45) is 11.7 Å². The number of carboxylic acid groups (broad SMARTS) is 1. The van der Waals surface area contributed by atoms with Crippen LogP contribution in [0.5, 0.6) is 0 Å². The SMILES string of the molecule is CC(C)(C)OC(=O)C(CCCCCN)C(=O)O. The third-order valence-corrected chi connectivity index (χ3v) is 2.19. The lowest BCUT2D eigenvalue weighted by molar-refractivity contribution is -0.167. The van der Waals surface area contributed by atoms with Gasteiger partial charge in [0.05, 0.1) is 0 Å². The van der Waals surface area contributed by atoms with Crippen LogP contribution in [0.3, 0.4) is 0 Å². The zero-order valence-corrected chi connectivity index (χ0v) is 10.9. The Morgan fingerprint density at radius 1 is 1.24 bits per heavy atom. The number of unbranched alkanes of at least 4 members (excludes halogenated alkanes) is 2. The Morgan fingerprint density at radius 3 is 2.24 bits per heavy atom. The summed E-state index contributed by atoms with van der Waals surface area (Å²) in [4.78, 5) is 22.6. The Kier molecular flexibility index (Phi) is 6.80. The minimum Gasteiger partial charge on any atom is -0.481 e. The number of carbonyl (C=O) groups is 2. The number of esters is 1. The quantitative estimate of drug-likeness (QED) is 0.403. The van der Waals surface area contributed by atoms with Crippen LogP contribution in [0, 0.1) is 5.92 Å². The molecule has 0 aromatic rings. The Labute approximate surface area is 102 Å². The average Bonchev–Trinajstić information content (AvgIpc) is 2.14. The van der Waals surface area contributed by atoms with Crippen molar-refractivity contribution in [3.8, 4) is 0 Å². The van der Waals surface area contributed by atoms with Gasteiger partial charge in [-0.05, 0) is 40.2 Å². The lowest BCUT2D eigenvalue weighted by Gasteiger charge is -2.22. The van der Waals surface area contributed by atoms with Crippen LogP contribution >= 0.6 is 0 Å². The molecule has 100 valence electrons. The maximum Gasteiger partial charge on any atom is 0.320 e. The van der Waals surface area contributed by atoms with Crippen LogP contribution < -0.4 is 5.73 Å². The van der Waals surface area contributed by atoms with E-state index in [-0.39, 0.29) is 0 Å². The molecule has 0 saturated carbocycles. The summed E-state index contributed by atoms with van der Waals surface area (Å²) in [6.07, 6.45) is 2.67. The van der Waals surface area contributed by atoms with Gasteiger partial charge in [0.2, 0.25) is 0 Å². The van der Waals surface area contributed by atoms with Crippen molar-refractivity contribution in [1.82, 2.24) is 0 Å². The summed E-state index contributed by atoms with van der Waals surface area (Å²) in [6, 6.07) is 0. The molecule has 0 spiro atoms. The Balaban J connectivity index is 4.23. The van der Waals surface area contributed by atoms with E-state index in [9.17, 15) is 9.59 Å². The third kappa shape index (κ3) is 7.74. The number of rotatable bonds is 7. The maximum absolute atomic E-state index is 11.6. The first kappa shape index (κ1) is 15.9. The summed E-state index contributed by atoms with van der Waals surface area (Å²) in [5.74, 6) is -2.84. The number of hydrogen-bond donors (Lipinski definition) is 2. The number of carboxylic acids is 1. The molecule has 0 aliphatic heterocycles. The highest BCUT2D eigenvalue weighted by Gasteiger charge is 2.30. The third-order valence-electron chi connectivity index (χ3n) is 2.19. The molecule has 0 bridgehead atoms. The van der Waals surface area contributed by atoms with Crippen molar-refractivity contribution in [2.45, 2.75) is 52.1 Å². The van der Waals surface area contributed by atoms with Gasteiger partial charge in [0.25, 0.3) is 0 Å². The van der Waals surface area contributed by atoms with Gasteiger partial charge in [-0.2, -0.15) is 0 Å². The van der Waals surface area contributed by atoms with Crippen LogP contribution in [-0.2, 0) is 14.3 Å². The number of carbonyl (C=O) groups excluding carboxylic acids is 1. The minimum absolute atomic E-state index is 0.310. The lowest BCUT2D eigenvalue weighted by Crippen LogP contribution is -2.32. The highest BCUT2D eigenvalue weighted by Crippen LogP contribution is 2.16. The highest BCUT2D eigenvalue weighted by molar-refractivity contribution is 5.94. The van der Waals surface area contributed by atoms with Crippen LogP contribution in [0.4, 0.5) is 0 Å². The molecule has 0 radical (unpaired) electrons. The fourth-order valence-electron chi connectivity index (χ4n) is 1.38. The van der Waals surface area contributed by atoms with Gasteiger partial charge in [0.1, 0.15) is 5.60 Å². The van der Waals surface area contributed by atoms with Crippen LogP contribution in [-0.4, -0.2) is 29.2 Å². The van der Waals surface area contributed by atoms with Crippen molar-refractivity contribution in [2.75, 3.05) is 6.54 Å². The number of nitrogens with two attached hydrogens (primary N) is 1. The van der Waals surface area contributed by atoms with E-state index in [1.807, 2.05) is 0 Å². The first-order valence-electron chi connectivity index (χ1n) is 5.93. The summed E-state index contributed by atoms with van der Waals surface area (Å²) >= 11 is 0. The lowest BCUT2D eigenvalue weighted by atomic mass is 10.0. The van der Waals surface area contributed by atoms with Gasteiger partial charge in [-0.15, -0.1) is 0 Å². The summed E-state index contributed by atoms with van der Waals surface area (Å²) in [7, 11) is 0. The van der Waals surface area contributed by atoms with Crippen molar-refractivity contribution in [1.29, 1.82) is 0 Å². The molecular formula is C12H23NO4. The molecule has 0 amide bonds. The van der Waals surface area contributed by atoms with E-state index in [1.54, 1.807) is 20.8 Å². The van der Waals surface area contributed by atoms with Gasteiger partial charge in [-0.25, -0.2) is 0 Å². The van der Waals surface area contributed by atoms with Crippen molar-refractivity contribution >= 4 is 11.9 Å². The summed E-state index contributed by atoms with van der Waals surface area (Å²) in [5.41, 5.74) is 4.69. The van der Waals surface area contributed by atoms with Gasteiger partial charge in [0, 0.05) is 0 Å². The summed E-state index contributed by atoms with van der Waals surface area (Å²) in [6.45, 7) is 5.75. The number of ether oxygens (including phenoxy) is 1. The molecule has 0 fully saturated rings. The van der Waals surface area contributed by atoms with Crippen molar-refractivity contribution in [3.63, 3.8) is 0 Å². The van der Waals surface area contributed by atoms with Gasteiger partial charge in [0.15, 0.2) is 5.92 Å². The molecule has 0 aromatic carbocycles. The molecular weight excluding hydrogens is 222 g/mol. The standard InChI is InChI=1S/C12H23NO4/c1-12(2,3)17-11(16)9(10(14)15)7-5-4-6-8-13/h9H,4-8,13H2,1-3H3,(H,14,15). The molecule has 3 N–H and O–H groups in total. The number of aliphatic carboxylic acids is 1. The van der Waals surface area contributed by atoms with Crippen LogP contribution in [0.25, 0.3) is 0 Å². The molecule has 5 heteroatoms. The second kappa shape index (κ2) is 7.27. The second-order valence-electron chi connectivity index (χ2n) is 5.06. The fourth-order valence-corrected chi connectivity index (χ4v) is 1.38. The zero-order valence-electron chi connectivity index (χ0n) is 10.9. The Morgan fingerprint density at radius 2 is 1.82 bits per heavy atom. The van der Waals surface area contributed by atoms with E-state index in [4.69, 9.17) is 15.6 Å². The Hall–Kier alpha value is -1.10. The molecule has 1 unspecified atom stereocenters. The minimum atomic E-state index is -1.12. The monoisotopic (exact) mass is 245 g/mol. The molecule has 0 rings (SSSR count). The topological polar surface area (TPSA) is 89.6 Å². The van der Waals surface area contributed by atoms with Crippen LogP contribution in [0.1, 0.15) is 46.5 Å². The molecule has 0 heterocycles. The molecule has 0 aliphatic carbocycles. The predicted octanol–water partition coefficient (Wildman–Crippen LogP) is 1.55. The molecule has 5 nitrogen and oxygen atoms in total. The largest absolute Gasteiger partial charge is 0.481 e. The average molecular weight is 245 g/mol. The van der Waals surface area contributed by atoms with E-state index in [0.29, 0.717) is 19.4 Å². The molecule has 0 aliphatic rings. The van der Waals surface area contributed by atoms with E-state index in [0.717, 1.165) is 12.8 Å². The smallest absolute Gasteiger partial charge is 0.320 e. The summed E-state index contributed by atoms with van der Waals surface area (Å²) < 4.78 is 5.07. The molecule has 1 atom stereocenters. The van der Waals surface area contributed by atoms with Gasteiger partial charge < -0.3 is 15.6 Å². The van der Waals surface area contributed by atoms with Crippen LogP contribution in [0.2, 0.25) is 0 Å². The highest BCUT2D eigenvalue weighted by atomic mass is 16.6. The molecule has 0 saturated heterocycles. The zero-order chi connectivity index (χ0) is 13.5. The van der Waals surface area contributed by atoms with Gasteiger partial charge in [-0.1, -0.05) is 12.8 Å². The fraction of sp³-hybridized carbons (Fsp3) is 0.833. The first-order chi connectivity index (χ1) is 7.78. The van der Waals surface area contributed by atoms with Crippen molar-refractivity contribution < 1.29 is 19.4 Å². The summed E-state index contributed by atoms with van der Waals surface area (Å²) in [5, 5.41) is 8.97. The second-order valence-corrected chi connectivity index (χ2v) is 5.06. The number of hydrogen-bond acceptors (Lipinski definition) is 4. The van der Waals surface area contributed by atoms with Crippen molar-refractivity contribution in [3.05, 3.63) is 0 Å². The normalized spacial score (nSPS) is 13.2.